The van der Waals surface area contributed by atoms with Crippen LogP contribution in [0.25, 0.3) is 0 Å². The quantitative estimate of drug-likeness (QED) is 0.890. The van der Waals surface area contributed by atoms with E-state index in [4.69, 9.17) is 9.47 Å². The molecule has 1 fully saturated rings. The van der Waals surface area contributed by atoms with Gasteiger partial charge in [-0.3, -0.25) is 4.79 Å². The van der Waals surface area contributed by atoms with Crippen LogP contribution in [0, 0.1) is 0 Å². The monoisotopic (exact) mass is 340 g/mol. The first kappa shape index (κ1) is 15.7. The van der Waals surface area contributed by atoms with E-state index in [1.165, 1.54) is 19.3 Å². The molecule has 0 radical (unpaired) electrons. The third-order valence-corrected chi connectivity index (χ3v) is 4.46. The van der Waals surface area contributed by atoms with Crippen molar-refractivity contribution in [1.82, 2.24) is 15.3 Å². The van der Waals surface area contributed by atoms with Crippen LogP contribution in [0.3, 0.4) is 0 Å². The zero-order chi connectivity index (χ0) is 17.1. The lowest BCUT2D eigenvalue weighted by Gasteiger charge is -2.22. The highest BCUT2D eigenvalue weighted by Crippen LogP contribution is 2.34. The molecular formula is C18H20N4O3. The van der Waals surface area contributed by atoms with Gasteiger partial charge in [-0.05, 0) is 31.0 Å². The number of carbonyl (C=O) groups excluding carboxylic acids is 1. The van der Waals surface area contributed by atoms with Gasteiger partial charge in [-0.25, -0.2) is 9.97 Å². The Bertz CT molecular complexity index is 775. The fourth-order valence-corrected chi connectivity index (χ4v) is 3.16. The summed E-state index contributed by atoms with van der Waals surface area (Å²) in [6.07, 6.45) is 7.26. The standard InChI is InChI=1S/C18H20N4O3/c23-17(20-12-4-2-1-3-5-12)14-8-9-19-18(22-14)21-13-6-7-15-16(10-13)25-11-24-15/h6-10,12H,1-5,11H2,(H,20,23)(H,19,21,22). The van der Waals surface area contributed by atoms with E-state index in [9.17, 15) is 4.79 Å². The van der Waals surface area contributed by atoms with Gasteiger partial charge in [0.05, 0.1) is 0 Å². The Kier molecular flexibility index (Phi) is 4.37. The van der Waals surface area contributed by atoms with Crippen molar-refractivity contribution >= 4 is 17.5 Å². The van der Waals surface area contributed by atoms with Crippen LogP contribution in [-0.2, 0) is 0 Å². The SMILES string of the molecule is O=C(NC1CCCCC1)c1ccnc(Nc2ccc3c(c2)OCO3)n1. The van der Waals surface area contributed by atoms with E-state index in [1.807, 2.05) is 18.2 Å². The molecular weight excluding hydrogens is 320 g/mol. The number of anilines is 2. The van der Waals surface area contributed by atoms with Crippen molar-refractivity contribution in [3.63, 3.8) is 0 Å². The van der Waals surface area contributed by atoms with E-state index in [0.29, 0.717) is 23.1 Å². The number of amides is 1. The fourth-order valence-electron chi connectivity index (χ4n) is 3.16. The first-order valence-electron chi connectivity index (χ1n) is 8.58. The Labute approximate surface area is 145 Å². The predicted molar refractivity (Wildman–Crippen MR) is 92.2 cm³/mol. The minimum absolute atomic E-state index is 0.150. The summed E-state index contributed by atoms with van der Waals surface area (Å²) in [5.41, 5.74) is 1.14. The summed E-state index contributed by atoms with van der Waals surface area (Å²) >= 11 is 0. The lowest BCUT2D eigenvalue weighted by atomic mass is 9.95. The topological polar surface area (TPSA) is 85.4 Å². The molecule has 130 valence electrons. The first-order valence-corrected chi connectivity index (χ1v) is 8.58. The van der Waals surface area contributed by atoms with Gasteiger partial charge in [0.1, 0.15) is 5.69 Å². The maximum absolute atomic E-state index is 12.4. The van der Waals surface area contributed by atoms with Gasteiger partial charge < -0.3 is 20.1 Å². The van der Waals surface area contributed by atoms with E-state index in [2.05, 4.69) is 20.6 Å². The Balaban J connectivity index is 1.44. The van der Waals surface area contributed by atoms with Crippen LogP contribution in [0.15, 0.2) is 30.5 Å². The van der Waals surface area contributed by atoms with Crippen LogP contribution in [0.5, 0.6) is 11.5 Å². The Morgan fingerprint density at radius 3 is 2.80 bits per heavy atom. The number of hydrogen-bond donors (Lipinski definition) is 2. The smallest absolute Gasteiger partial charge is 0.270 e. The number of rotatable bonds is 4. The van der Waals surface area contributed by atoms with Crippen molar-refractivity contribution in [2.24, 2.45) is 0 Å². The molecule has 0 atom stereocenters. The van der Waals surface area contributed by atoms with Crippen molar-refractivity contribution in [3.05, 3.63) is 36.2 Å². The number of hydrogen-bond acceptors (Lipinski definition) is 6. The number of benzene rings is 1. The molecule has 2 aliphatic rings. The summed E-state index contributed by atoms with van der Waals surface area (Å²) in [6.45, 7) is 0.228. The van der Waals surface area contributed by atoms with E-state index in [0.717, 1.165) is 18.5 Å². The van der Waals surface area contributed by atoms with Gasteiger partial charge in [0.2, 0.25) is 12.7 Å². The summed E-state index contributed by atoms with van der Waals surface area (Å²) in [5, 5.41) is 6.16. The number of aromatic nitrogens is 2. The molecule has 25 heavy (non-hydrogen) atoms. The predicted octanol–water partition coefficient (Wildman–Crippen LogP) is 3.01. The van der Waals surface area contributed by atoms with E-state index in [-0.39, 0.29) is 18.7 Å². The Hall–Kier alpha value is -2.83. The van der Waals surface area contributed by atoms with Gasteiger partial charge in [-0.2, -0.15) is 0 Å². The van der Waals surface area contributed by atoms with Crippen LogP contribution in [0.2, 0.25) is 0 Å². The second-order valence-corrected chi connectivity index (χ2v) is 6.27. The molecule has 0 unspecified atom stereocenters. The highest BCUT2D eigenvalue weighted by Gasteiger charge is 2.18. The van der Waals surface area contributed by atoms with E-state index < -0.39 is 0 Å². The summed E-state index contributed by atoms with van der Waals surface area (Å²) < 4.78 is 10.6. The highest BCUT2D eigenvalue weighted by atomic mass is 16.7. The third kappa shape index (κ3) is 3.65. The molecule has 1 aliphatic carbocycles. The van der Waals surface area contributed by atoms with Crippen LogP contribution in [0.1, 0.15) is 42.6 Å². The Morgan fingerprint density at radius 1 is 1.08 bits per heavy atom. The minimum Gasteiger partial charge on any atom is -0.454 e. The molecule has 0 bridgehead atoms. The molecule has 1 amide bonds. The Morgan fingerprint density at radius 2 is 1.92 bits per heavy atom. The van der Waals surface area contributed by atoms with Crippen molar-refractivity contribution in [2.45, 2.75) is 38.1 Å². The second kappa shape index (κ2) is 6.96. The molecule has 4 rings (SSSR count). The fraction of sp³-hybridized carbons (Fsp3) is 0.389. The molecule has 2 heterocycles. The van der Waals surface area contributed by atoms with Gasteiger partial charge >= 0.3 is 0 Å². The maximum atomic E-state index is 12.4. The van der Waals surface area contributed by atoms with Crippen molar-refractivity contribution in [2.75, 3.05) is 12.1 Å². The molecule has 1 aliphatic heterocycles. The minimum atomic E-state index is -0.150. The molecule has 2 aromatic rings. The average Bonchev–Trinajstić information content (AvgIpc) is 3.10. The van der Waals surface area contributed by atoms with Crippen LogP contribution in [-0.4, -0.2) is 28.7 Å². The molecule has 7 nitrogen and oxygen atoms in total. The molecule has 0 spiro atoms. The van der Waals surface area contributed by atoms with Crippen molar-refractivity contribution in [3.8, 4) is 11.5 Å². The van der Waals surface area contributed by atoms with Gasteiger partial charge in [0, 0.05) is 24.0 Å². The molecule has 2 N–H and O–H groups in total. The number of fused-ring (bicyclic) bond motifs is 1. The number of nitrogens with zero attached hydrogens (tertiary/aromatic N) is 2. The van der Waals surface area contributed by atoms with Crippen LogP contribution < -0.4 is 20.1 Å². The largest absolute Gasteiger partial charge is 0.454 e. The van der Waals surface area contributed by atoms with Crippen molar-refractivity contribution in [1.29, 1.82) is 0 Å². The normalized spacial score (nSPS) is 16.5. The summed E-state index contributed by atoms with van der Waals surface area (Å²) in [7, 11) is 0. The van der Waals surface area contributed by atoms with Crippen LogP contribution >= 0.6 is 0 Å². The van der Waals surface area contributed by atoms with E-state index >= 15 is 0 Å². The molecule has 1 aromatic carbocycles. The maximum Gasteiger partial charge on any atom is 0.270 e. The average molecular weight is 340 g/mol. The molecule has 1 saturated carbocycles. The summed E-state index contributed by atoms with van der Waals surface area (Å²) in [6, 6.07) is 7.38. The van der Waals surface area contributed by atoms with Gasteiger partial charge in [0.15, 0.2) is 11.5 Å². The van der Waals surface area contributed by atoms with Gasteiger partial charge in [-0.15, -0.1) is 0 Å². The zero-order valence-corrected chi connectivity index (χ0v) is 13.8. The molecule has 1 aromatic heterocycles. The second-order valence-electron chi connectivity index (χ2n) is 6.27. The number of ether oxygens (including phenoxy) is 2. The lowest BCUT2D eigenvalue weighted by Crippen LogP contribution is -2.36. The van der Waals surface area contributed by atoms with Crippen molar-refractivity contribution < 1.29 is 14.3 Å². The lowest BCUT2D eigenvalue weighted by molar-refractivity contribution is 0.0922. The van der Waals surface area contributed by atoms with Gasteiger partial charge in [0.25, 0.3) is 5.91 Å². The zero-order valence-electron chi connectivity index (χ0n) is 13.8. The molecule has 0 saturated heterocycles. The summed E-state index contributed by atoms with van der Waals surface area (Å²) in [5.74, 6) is 1.61. The third-order valence-electron chi connectivity index (χ3n) is 4.46. The number of carbonyl (C=O) groups is 1. The van der Waals surface area contributed by atoms with Gasteiger partial charge in [-0.1, -0.05) is 19.3 Å². The van der Waals surface area contributed by atoms with Crippen LogP contribution in [0.4, 0.5) is 11.6 Å². The summed E-state index contributed by atoms with van der Waals surface area (Å²) in [4.78, 5) is 20.9. The highest BCUT2D eigenvalue weighted by molar-refractivity contribution is 5.92. The first-order chi connectivity index (χ1) is 12.3. The number of nitrogens with one attached hydrogen (secondary N) is 2. The molecule has 7 heteroatoms. The van der Waals surface area contributed by atoms with E-state index in [1.54, 1.807) is 12.3 Å².